The highest BCUT2D eigenvalue weighted by Crippen LogP contribution is 2.33. The molecule has 1 aliphatic heterocycles. The van der Waals surface area contributed by atoms with Gasteiger partial charge in [0.2, 0.25) is 0 Å². The van der Waals surface area contributed by atoms with Crippen molar-refractivity contribution in [3.8, 4) is 0 Å². The van der Waals surface area contributed by atoms with E-state index in [-0.39, 0.29) is 0 Å². The van der Waals surface area contributed by atoms with Gasteiger partial charge in [0.1, 0.15) is 4.34 Å². The van der Waals surface area contributed by atoms with Crippen LogP contribution in [0.5, 0.6) is 0 Å². The van der Waals surface area contributed by atoms with Crippen LogP contribution in [-0.4, -0.2) is 31.1 Å². The van der Waals surface area contributed by atoms with Crippen LogP contribution in [0.3, 0.4) is 0 Å². The van der Waals surface area contributed by atoms with Gasteiger partial charge in [0, 0.05) is 35.0 Å². The van der Waals surface area contributed by atoms with Crippen LogP contribution in [0.25, 0.3) is 0 Å². The molecule has 15 heavy (non-hydrogen) atoms. The molecule has 1 aromatic rings. The molecule has 0 spiro atoms. The highest BCUT2D eigenvalue weighted by atomic mass is 79.9. The second-order valence-electron chi connectivity index (χ2n) is 3.84. The third-order valence-electron chi connectivity index (χ3n) is 2.76. The monoisotopic (exact) mass is 308 g/mol. The van der Waals surface area contributed by atoms with Gasteiger partial charge in [0.05, 0.1) is 0 Å². The molecule has 0 aromatic carbocycles. The Bertz CT molecular complexity index is 323. The molecule has 1 atom stereocenters. The Labute approximate surface area is 108 Å². The van der Waals surface area contributed by atoms with Crippen LogP contribution < -0.4 is 5.32 Å². The summed E-state index contributed by atoms with van der Waals surface area (Å²) in [6, 6.07) is 2.78. The molecule has 5 heteroatoms. The average Bonchev–Trinajstić information content (AvgIpc) is 2.76. The molecule has 0 aliphatic carbocycles. The number of halogens is 2. The lowest BCUT2D eigenvalue weighted by Gasteiger charge is -2.14. The van der Waals surface area contributed by atoms with E-state index in [1.165, 1.54) is 17.8 Å². The van der Waals surface area contributed by atoms with E-state index in [0.29, 0.717) is 6.04 Å². The summed E-state index contributed by atoms with van der Waals surface area (Å²) in [7, 11) is 2.03. The summed E-state index contributed by atoms with van der Waals surface area (Å²) < 4.78 is 1.88. The first-order chi connectivity index (χ1) is 7.19. The van der Waals surface area contributed by atoms with E-state index >= 15 is 0 Å². The lowest BCUT2D eigenvalue weighted by molar-refractivity contribution is 0.325. The largest absolute Gasteiger partial charge is 0.316 e. The van der Waals surface area contributed by atoms with Gasteiger partial charge in [-0.05, 0) is 35.5 Å². The maximum atomic E-state index is 6.01. The number of nitrogens with one attached hydrogen (secondary N) is 1. The molecule has 0 radical (unpaired) electrons. The minimum atomic E-state index is 0.656. The summed E-state index contributed by atoms with van der Waals surface area (Å²) >= 11 is 11.1. The first-order valence-electron chi connectivity index (χ1n) is 5.02. The van der Waals surface area contributed by atoms with E-state index in [4.69, 9.17) is 11.6 Å². The summed E-state index contributed by atoms with van der Waals surface area (Å²) in [5.74, 6) is 0. The molecule has 1 unspecified atom stereocenters. The first-order valence-corrected chi connectivity index (χ1v) is 7.01. The van der Waals surface area contributed by atoms with Gasteiger partial charge in [0.15, 0.2) is 0 Å². The van der Waals surface area contributed by atoms with Crippen molar-refractivity contribution in [2.45, 2.75) is 19.0 Å². The van der Waals surface area contributed by atoms with Crippen molar-refractivity contribution < 1.29 is 0 Å². The van der Waals surface area contributed by atoms with Crippen LogP contribution in [0.2, 0.25) is 4.34 Å². The fourth-order valence-corrected chi connectivity index (χ4v) is 3.73. The molecule has 1 aromatic heterocycles. The van der Waals surface area contributed by atoms with Crippen molar-refractivity contribution >= 4 is 38.9 Å². The predicted molar refractivity (Wildman–Crippen MR) is 69.8 cm³/mol. The predicted octanol–water partition coefficient (Wildman–Crippen LogP) is 2.96. The minimum Gasteiger partial charge on any atom is -0.316 e. The highest BCUT2D eigenvalue weighted by Gasteiger charge is 2.21. The minimum absolute atomic E-state index is 0.656. The van der Waals surface area contributed by atoms with E-state index in [9.17, 15) is 0 Å². The van der Waals surface area contributed by atoms with E-state index in [2.05, 4.69) is 32.2 Å². The Balaban J connectivity index is 1.92. The van der Waals surface area contributed by atoms with E-state index in [1.54, 1.807) is 11.3 Å². The molecule has 2 rings (SSSR count). The normalized spacial score (nSPS) is 22.5. The van der Waals surface area contributed by atoms with Gasteiger partial charge >= 0.3 is 0 Å². The molecule has 1 saturated heterocycles. The second-order valence-corrected chi connectivity index (χ2v) is 6.44. The van der Waals surface area contributed by atoms with Gasteiger partial charge in [0.25, 0.3) is 0 Å². The molecular formula is C10H14BrClN2S. The molecule has 0 saturated carbocycles. The number of hydrogen-bond donors (Lipinski definition) is 1. The van der Waals surface area contributed by atoms with Crippen LogP contribution >= 0.6 is 38.9 Å². The average molecular weight is 310 g/mol. The van der Waals surface area contributed by atoms with Crippen molar-refractivity contribution in [2.24, 2.45) is 0 Å². The summed E-state index contributed by atoms with van der Waals surface area (Å²) in [4.78, 5) is 3.80. The zero-order chi connectivity index (χ0) is 10.8. The maximum Gasteiger partial charge on any atom is 0.107 e. The summed E-state index contributed by atoms with van der Waals surface area (Å²) in [6.45, 7) is 3.34. The van der Waals surface area contributed by atoms with Crippen LogP contribution in [0, 0.1) is 0 Å². The Morgan fingerprint density at radius 1 is 1.73 bits per heavy atom. The number of rotatable bonds is 3. The van der Waals surface area contributed by atoms with Gasteiger partial charge in [-0.1, -0.05) is 11.6 Å². The Hall–Kier alpha value is 0.390. The number of thiophene rings is 1. The fraction of sp³-hybridized carbons (Fsp3) is 0.600. The molecule has 0 amide bonds. The maximum absolute atomic E-state index is 6.01. The van der Waals surface area contributed by atoms with Crippen LogP contribution in [-0.2, 0) is 6.54 Å². The standard InChI is InChI=1S/C10H14BrClN2S/c1-13-7-2-3-14(5-7)6-8-4-9(11)10(12)15-8/h4,7,13H,2-3,5-6H2,1H3. The quantitative estimate of drug-likeness (QED) is 0.923. The second kappa shape index (κ2) is 5.15. The third kappa shape index (κ3) is 2.94. The van der Waals surface area contributed by atoms with Gasteiger partial charge in [-0.2, -0.15) is 0 Å². The number of likely N-dealkylation sites (tertiary alicyclic amines) is 1. The number of likely N-dealkylation sites (N-methyl/N-ethyl adjacent to an activating group) is 1. The highest BCUT2D eigenvalue weighted by molar-refractivity contribution is 9.10. The van der Waals surface area contributed by atoms with Crippen molar-refractivity contribution in [1.82, 2.24) is 10.2 Å². The van der Waals surface area contributed by atoms with Crippen molar-refractivity contribution in [3.63, 3.8) is 0 Å². The molecule has 2 heterocycles. The van der Waals surface area contributed by atoms with E-state index in [1.807, 2.05) is 7.05 Å². The van der Waals surface area contributed by atoms with Crippen molar-refractivity contribution in [1.29, 1.82) is 0 Å². The Kier molecular flexibility index (Phi) is 4.07. The zero-order valence-corrected chi connectivity index (χ0v) is 11.8. The molecular weight excluding hydrogens is 296 g/mol. The summed E-state index contributed by atoms with van der Waals surface area (Å²) in [6.07, 6.45) is 1.25. The smallest absolute Gasteiger partial charge is 0.107 e. The molecule has 1 fully saturated rings. The van der Waals surface area contributed by atoms with Crippen LogP contribution in [0.15, 0.2) is 10.5 Å². The topological polar surface area (TPSA) is 15.3 Å². The SMILES string of the molecule is CNC1CCN(Cc2cc(Br)c(Cl)s2)C1. The van der Waals surface area contributed by atoms with E-state index in [0.717, 1.165) is 21.9 Å². The Morgan fingerprint density at radius 3 is 3.07 bits per heavy atom. The molecule has 1 N–H and O–H groups in total. The summed E-state index contributed by atoms with van der Waals surface area (Å²) in [5, 5.41) is 3.32. The number of nitrogens with zero attached hydrogens (tertiary/aromatic N) is 1. The first kappa shape index (κ1) is 11.9. The van der Waals surface area contributed by atoms with Crippen molar-refractivity contribution in [2.75, 3.05) is 20.1 Å². The zero-order valence-electron chi connectivity index (χ0n) is 8.59. The number of hydrogen-bond acceptors (Lipinski definition) is 3. The van der Waals surface area contributed by atoms with Gasteiger partial charge in [-0.15, -0.1) is 11.3 Å². The molecule has 2 nitrogen and oxygen atoms in total. The van der Waals surface area contributed by atoms with Crippen molar-refractivity contribution in [3.05, 3.63) is 19.8 Å². The Morgan fingerprint density at radius 2 is 2.53 bits per heavy atom. The fourth-order valence-electron chi connectivity index (χ4n) is 1.90. The van der Waals surface area contributed by atoms with Crippen LogP contribution in [0.1, 0.15) is 11.3 Å². The molecule has 1 aliphatic rings. The molecule has 0 bridgehead atoms. The summed E-state index contributed by atoms with van der Waals surface area (Å²) in [5.41, 5.74) is 0. The van der Waals surface area contributed by atoms with Gasteiger partial charge in [-0.25, -0.2) is 0 Å². The van der Waals surface area contributed by atoms with E-state index < -0.39 is 0 Å². The lowest BCUT2D eigenvalue weighted by Crippen LogP contribution is -2.29. The van der Waals surface area contributed by atoms with Crippen LogP contribution in [0.4, 0.5) is 0 Å². The lowest BCUT2D eigenvalue weighted by atomic mass is 10.3. The van der Waals surface area contributed by atoms with Gasteiger partial charge < -0.3 is 5.32 Å². The third-order valence-corrected chi connectivity index (χ3v) is 5.22. The van der Waals surface area contributed by atoms with Gasteiger partial charge in [-0.3, -0.25) is 4.90 Å². The molecule has 84 valence electrons.